The van der Waals surface area contributed by atoms with Crippen molar-refractivity contribution in [1.82, 2.24) is 9.55 Å². The Bertz CT molecular complexity index is 913. The Labute approximate surface area is 128 Å². The Hall–Kier alpha value is -2.62. The van der Waals surface area contributed by atoms with Crippen molar-refractivity contribution >= 4 is 16.9 Å². The van der Waals surface area contributed by atoms with Gasteiger partial charge in [-0.2, -0.15) is 0 Å². The standard InChI is InChI=1S/C18H17N3O/c1-12-10-14(13-6-3-2-4-7-13)16-15(11-12)17(22)21-9-5-8-19-18(21)20-16/h2-4,6-7,10-11H,5,8-9H2,1H3,(H,19,20). The van der Waals surface area contributed by atoms with Crippen molar-refractivity contribution in [3.8, 4) is 11.1 Å². The summed E-state index contributed by atoms with van der Waals surface area (Å²) in [4.78, 5) is 17.5. The number of benzene rings is 2. The smallest absolute Gasteiger partial charge is 0.262 e. The molecule has 1 N–H and O–H groups in total. The second-order valence-corrected chi connectivity index (χ2v) is 5.75. The number of hydrogen-bond donors (Lipinski definition) is 1. The predicted octanol–water partition coefficient (Wildman–Crippen LogP) is 3.19. The number of nitrogens with zero attached hydrogens (tertiary/aromatic N) is 2. The normalized spacial score (nSPS) is 13.7. The molecule has 0 fully saturated rings. The van der Waals surface area contributed by atoms with Crippen molar-refractivity contribution in [1.29, 1.82) is 0 Å². The van der Waals surface area contributed by atoms with Crippen LogP contribution in [0.15, 0.2) is 47.3 Å². The first-order valence-corrected chi connectivity index (χ1v) is 7.58. The van der Waals surface area contributed by atoms with Crippen LogP contribution in [0.4, 0.5) is 5.95 Å². The molecule has 110 valence electrons. The van der Waals surface area contributed by atoms with Crippen LogP contribution in [0, 0.1) is 6.92 Å². The summed E-state index contributed by atoms with van der Waals surface area (Å²) in [5.74, 6) is 0.685. The maximum absolute atomic E-state index is 12.8. The molecule has 0 unspecified atom stereocenters. The zero-order valence-electron chi connectivity index (χ0n) is 12.5. The van der Waals surface area contributed by atoms with Gasteiger partial charge in [0.1, 0.15) is 0 Å². The summed E-state index contributed by atoms with van der Waals surface area (Å²) in [6.07, 6.45) is 0.956. The maximum Gasteiger partial charge on any atom is 0.262 e. The first kappa shape index (κ1) is 13.1. The minimum Gasteiger partial charge on any atom is -0.355 e. The van der Waals surface area contributed by atoms with E-state index in [1.165, 1.54) is 0 Å². The van der Waals surface area contributed by atoms with Gasteiger partial charge in [-0.05, 0) is 36.6 Å². The Morgan fingerprint density at radius 3 is 2.82 bits per heavy atom. The first-order valence-electron chi connectivity index (χ1n) is 7.58. The van der Waals surface area contributed by atoms with Crippen molar-refractivity contribution in [2.45, 2.75) is 19.9 Å². The number of anilines is 1. The van der Waals surface area contributed by atoms with Crippen molar-refractivity contribution in [3.05, 3.63) is 58.4 Å². The van der Waals surface area contributed by atoms with E-state index in [2.05, 4.69) is 23.5 Å². The summed E-state index contributed by atoms with van der Waals surface area (Å²) >= 11 is 0. The van der Waals surface area contributed by atoms with Gasteiger partial charge in [-0.15, -0.1) is 0 Å². The molecule has 0 bridgehead atoms. The number of rotatable bonds is 1. The highest BCUT2D eigenvalue weighted by molar-refractivity contribution is 5.94. The summed E-state index contributed by atoms with van der Waals surface area (Å²) in [7, 11) is 0. The van der Waals surface area contributed by atoms with Gasteiger partial charge in [0.15, 0.2) is 0 Å². The third-order valence-corrected chi connectivity index (χ3v) is 4.13. The first-order chi connectivity index (χ1) is 10.7. The van der Waals surface area contributed by atoms with Crippen molar-refractivity contribution in [3.63, 3.8) is 0 Å². The molecule has 0 amide bonds. The van der Waals surface area contributed by atoms with E-state index < -0.39 is 0 Å². The fourth-order valence-corrected chi connectivity index (χ4v) is 3.09. The minimum atomic E-state index is 0.0491. The van der Waals surface area contributed by atoms with Crippen LogP contribution in [0.3, 0.4) is 0 Å². The SMILES string of the molecule is Cc1cc(-c2ccccc2)c2nc3n(c(=O)c2c1)CCCN3. The lowest BCUT2D eigenvalue weighted by Crippen LogP contribution is -2.30. The van der Waals surface area contributed by atoms with Gasteiger partial charge in [0, 0.05) is 18.7 Å². The van der Waals surface area contributed by atoms with E-state index in [9.17, 15) is 4.79 Å². The molecule has 0 atom stereocenters. The van der Waals surface area contributed by atoms with Crippen LogP contribution in [-0.4, -0.2) is 16.1 Å². The average molecular weight is 291 g/mol. The molecule has 4 rings (SSSR count). The highest BCUT2D eigenvalue weighted by Gasteiger charge is 2.17. The van der Waals surface area contributed by atoms with Crippen molar-refractivity contribution in [2.75, 3.05) is 11.9 Å². The largest absolute Gasteiger partial charge is 0.355 e. The molecule has 4 heteroatoms. The van der Waals surface area contributed by atoms with Crippen LogP contribution in [0.2, 0.25) is 0 Å². The number of aromatic nitrogens is 2. The molecule has 1 aromatic heterocycles. The molecule has 4 nitrogen and oxygen atoms in total. The van der Waals surface area contributed by atoms with Gasteiger partial charge in [-0.1, -0.05) is 30.3 Å². The van der Waals surface area contributed by atoms with Gasteiger partial charge >= 0.3 is 0 Å². The van der Waals surface area contributed by atoms with E-state index in [-0.39, 0.29) is 5.56 Å². The van der Waals surface area contributed by atoms with Crippen LogP contribution in [-0.2, 0) is 6.54 Å². The van der Waals surface area contributed by atoms with Crippen LogP contribution < -0.4 is 10.9 Å². The van der Waals surface area contributed by atoms with E-state index >= 15 is 0 Å². The fraction of sp³-hybridized carbons (Fsp3) is 0.222. The third-order valence-electron chi connectivity index (χ3n) is 4.13. The second-order valence-electron chi connectivity index (χ2n) is 5.75. The van der Waals surface area contributed by atoms with Crippen LogP contribution in [0.5, 0.6) is 0 Å². The van der Waals surface area contributed by atoms with Gasteiger partial charge in [-0.25, -0.2) is 4.98 Å². The van der Waals surface area contributed by atoms with Gasteiger partial charge in [0.05, 0.1) is 10.9 Å². The van der Waals surface area contributed by atoms with Gasteiger partial charge < -0.3 is 5.32 Å². The van der Waals surface area contributed by atoms with E-state index in [1.54, 1.807) is 4.57 Å². The van der Waals surface area contributed by atoms with E-state index in [4.69, 9.17) is 4.98 Å². The minimum absolute atomic E-state index is 0.0491. The highest BCUT2D eigenvalue weighted by Crippen LogP contribution is 2.28. The molecule has 2 heterocycles. The Morgan fingerprint density at radius 1 is 1.18 bits per heavy atom. The molecule has 1 aliphatic rings. The molecular weight excluding hydrogens is 274 g/mol. The topological polar surface area (TPSA) is 46.9 Å². The molecular formula is C18H17N3O. The summed E-state index contributed by atoms with van der Waals surface area (Å²) < 4.78 is 1.75. The van der Waals surface area contributed by atoms with E-state index in [0.29, 0.717) is 11.3 Å². The predicted molar refractivity (Wildman–Crippen MR) is 89.3 cm³/mol. The summed E-state index contributed by atoms with van der Waals surface area (Å²) in [6.45, 7) is 3.62. The lowest BCUT2D eigenvalue weighted by Gasteiger charge is -2.20. The van der Waals surface area contributed by atoms with E-state index in [0.717, 1.165) is 41.7 Å². The molecule has 0 aliphatic carbocycles. The molecule has 22 heavy (non-hydrogen) atoms. The summed E-state index contributed by atoms with van der Waals surface area (Å²) in [5.41, 5.74) is 4.01. The summed E-state index contributed by atoms with van der Waals surface area (Å²) in [6, 6.07) is 14.2. The summed E-state index contributed by atoms with van der Waals surface area (Å²) in [5, 5.41) is 3.94. The molecule has 2 aromatic carbocycles. The Balaban J connectivity index is 2.10. The third kappa shape index (κ3) is 1.99. The van der Waals surface area contributed by atoms with Crippen LogP contribution in [0.25, 0.3) is 22.0 Å². The average Bonchev–Trinajstić information content (AvgIpc) is 2.56. The zero-order valence-corrected chi connectivity index (χ0v) is 12.5. The van der Waals surface area contributed by atoms with Crippen LogP contribution >= 0.6 is 0 Å². The number of aryl methyl sites for hydroxylation is 1. The highest BCUT2D eigenvalue weighted by atomic mass is 16.1. The van der Waals surface area contributed by atoms with Crippen LogP contribution in [0.1, 0.15) is 12.0 Å². The van der Waals surface area contributed by atoms with Crippen molar-refractivity contribution < 1.29 is 0 Å². The monoisotopic (exact) mass is 291 g/mol. The Morgan fingerprint density at radius 2 is 2.00 bits per heavy atom. The molecule has 0 radical (unpaired) electrons. The number of hydrogen-bond acceptors (Lipinski definition) is 3. The molecule has 0 saturated carbocycles. The Kier molecular flexibility index (Phi) is 2.96. The second kappa shape index (κ2) is 4.98. The molecule has 0 saturated heterocycles. The van der Waals surface area contributed by atoms with E-state index in [1.807, 2.05) is 31.2 Å². The number of nitrogens with one attached hydrogen (secondary N) is 1. The maximum atomic E-state index is 12.8. The fourth-order valence-electron chi connectivity index (χ4n) is 3.09. The van der Waals surface area contributed by atoms with Crippen molar-refractivity contribution in [2.24, 2.45) is 0 Å². The lowest BCUT2D eigenvalue weighted by atomic mass is 10.00. The number of fused-ring (bicyclic) bond motifs is 2. The quantitative estimate of drug-likeness (QED) is 0.749. The molecule has 1 aliphatic heterocycles. The molecule has 0 spiro atoms. The van der Waals surface area contributed by atoms with Gasteiger partial charge in [-0.3, -0.25) is 9.36 Å². The molecule has 3 aromatic rings. The van der Waals surface area contributed by atoms with Gasteiger partial charge in [0.25, 0.3) is 5.56 Å². The van der Waals surface area contributed by atoms with Gasteiger partial charge in [0.2, 0.25) is 5.95 Å². The zero-order chi connectivity index (χ0) is 15.1. The lowest BCUT2D eigenvalue weighted by molar-refractivity contribution is 0.602.